The van der Waals surface area contributed by atoms with Crippen molar-refractivity contribution in [1.29, 1.82) is 0 Å². The van der Waals surface area contributed by atoms with Gasteiger partial charge in [0.1, 0.15) is 0 Å². The number of hydrogen-bond acceptors (Lipinski definition) is 4. The average molecular weight is 334 g/mol. The molecule has 0 atom stereocenters. The first-order valence-electron chi connectivity index (χ1n) is 9.09. The summed E-state index contributed by atoms with van der Waals surface area (Å²) in [5.74, 6) is 0. The zero-order valence-electron chi connectivity index (χ0n) is 14.9. The van der Waals surface area contributed by atoms with E-state index in [0.717, 1.165) is 51.0 Å². The molecule has 0 unspecified atom stereocenters. The molecule has 134 valence electrons. The number of likely N-dealkylation sites (N-methyl/N-ethyl adjacent to an activating group) is 1. The summed E-state index contributed by atoms with van der Waals surface area (Å²) < 4.78 is 1.87. The van der Waals surface area contributed by atoms with Gasteiger partial charge in [-0.05, 0) is 26.9 Å². The maximum atomic E-state index is 12.4. The van der Waals surface area contributed by atoms with Crippen LogP contribution in [0, 0.1) is 0 Å². The van der Waals surface area contributed by atoms with Gasteiger partial charge in [-0.2, -0.15) is 5.10 Å². The molecule has 2 aliphatic rings. The van der Waals surface area contributed by atoms with Crippen molar-refractivity contribution in [3.63, 3.8) is 0 Å². The molecule has 7 nitrogen and oxygen atoms in total. The highest BCUT2D eigenvalue weighted by Gasteiger charge is 2.27. The zero-order valence-corrected chi connectivity index (χ0v) is 14.9. The standard InChI is InChI=1S/C17H30N6O/c1-20(2)7-12-23-14-15(13-18-23)19-17(24)22-10-8-21(9-11-22)16-5-3-4-6-16/h13-14,16H,3-12H2,1-2H3,(H,19,24). The van der Waals surface area contributed by atoms with E-state index in [1.807, 2.05) is 29.9 Å². The Morgan fingerprint density at radius 1 is 1.25 bits per heavy atom. The lowest BCUT2D eigenvalue weighted by Gasteiger charge is -2.37. The Morgan fingerprint density at radius 2 is 1.96 bits per heavy atom. The van der Waals surface area contributed by atoms with E-state index in [1.54, 1.807) is 6.20 Å². The number of amides is 2. The Labute approximate surface area is 144 Å². The molecule has 2 fully saturated rings. The van der Waals surface area contributed by atoms with E-state index in [1.165, 1.54) is 25.7 Å². The van der Waals surface area contributed by atoms with Gasteiger partial charge in [0.2, 0.25) is 0 Å². The Balaban J connectivity index is 1.44. The van der Waals surface area contributed by atoms with E-state index >= 15 is 0 Å². The highest BCUT2D eigenvalue weighted by atomic mass is 16.2. The summed E-state index contributed by atoms with van der Waals surface area (Å²) in [5.41, 5.74) is 0.775. The summed E-state index contributed by atoms with van der Waals surface area (Å²) in [7, 11) is 4.08. The molecule has 0 aromatic carbocycles. The molecule has 2 amide bonds. The maximum absolute atomic E-state index is 12.4. The Hall–Kier alpha value is -1.60. The van der Waals surface area contributed by atoms with E-state index in [9.17, 15) is 4.79 Å². The number of nitrogens with one attached hydrogen (secondary N) is 1. The van der Waals surface area contributed by atoms with Gasteiger partial charge in [-0.25, -0.2) is 4.79 Å². The van der Waals surface area contributed by atoms with Crippen LogP contribution in [-0.2, 0) is 6.54 Å². The van der Waals surface area contributed by atoms with Crippen LogP contribution in [0.4, 0.5) is 10.5 Å². The zero-order chi connectivity index (χ0) is 16.9. The second-order valence-electron chi connectivity index (χ2n) is 7.19. The van der Waals surface area contributed by atoms with Gasteiger partial charge < -0.3 is 15.1 Å². The number of urea groups is 1. The number of piperazine rings is 1. The molecule has 0 radical (unpaired) electrons. The van der Waals surface area contributed by atoms with Crippen LogP contribution in [0.5, 0.6) is 0 Å². The van der Waals surface area contributed by atoms with Crippen LogP contribution in [0.3, 0.4) is 0 Å². The Kier molecular flexibility index (Phi) is 5.73. The number of aromatic nitrogens is 2. The lowest BCUT2D eigenvalue weighted by molar-refractivity contribution is 0.115. The quantitative estimate of drug-likeness (QED) is 0.887. The van der Waals surface area contributed by atoms with Gasteiger partial charge in [-0.3, -0.25) is 9.58 Å². The fourth-order valence-electron chi connectivity index (χ4n) is 3.61. The fraction of sp³-hybridized carbons (Fsp3) is 0.765. The van der Waals surface area contributed by atoms with Gasteiger partial charge in [0, 0.05) is 45.0 Å². The van der Waals surface area contributed by atoms with Crippen molar-refractivity contribution in [2.24, 2.45) is 0 Å². The number of carbonyl (C=O) groups excluding carboxylic acids is 1. The lowest BCUT2D eigenvalue weighted by atomic mass is 10.2. The van der Waals surface area contributed by atoms with Crippen LogP contribution in [0.1, 0.15) is 25.7 Å². The Morgan fingerprint density at radius 3 is 2.62 bits per heavy atom. The van der Waals surface area contributed by atoms with Gasteiger partial charge in [0.15, 0.2) is 0 Å². The second kappa shape index (κ2) is 7.98. The third kappa shape index (κ3) is 4.48. The SMILES string of the molecule is CN(C)CCn1cc(NC(=O)N2CCN(C3CCCC3)CC2)cn1. The first-order chi connectivity index (χ1) is 11.6. The summed E-state index contributed by atoms with van der Waals surface area (Å²) >= 11 is 0. The second-order valence-corrected chi connectivity index (χ2v) is 7.19. The average Bonchev–Trinajstić information content (AvgIpc) is 3.25. The molecule has 1 aliphatic heterocycles. The minimum absolute atomic E-state index is 0.00627. The van der Waals surface area contributed by atoms with Crippen LogP contribution < -0.4 is 5.32 Å². The van der Waals surface area contributed by atoms with E-state index in [-0.39, 0.29) is 6.03 Å². The molecule has 24 heavy (non-hydrogen) atoms. The van der Waals surface area contributed by atoms with Gasteiger partial charge >= 0.3 is 6.03 Å². The predicted molar refractivity (Wildman–Crippen MR) is 95.2 cm³/mol. The number of nitrogens with zero attached hydrogens (tertiary/aromatic N) is 5. The van der Waals surface area contributed by atoms with Gasteiger partial charge in [0.05, 0.1) is 18.4 Å². The summed E-state index contributed by atoms with van der Waals surface area (Å²) in [6.07, 6.45) is 9.02. The van der Waals surface area contributed by atoms with Crippen molar-refractivity contribution in [1.82, 2.24) is 24.5 Å². The van der Waals surface area contributed by atoms with Crippen LogP contribution in [0.25, 0.3) is 0 Å². The largest absolute Gasteiger partial charge is 0.322 e. The Bertz CT molecular complexity index is 529. The lowest BCUT2D eigenvalue weighted by Crippen LogP contribution is -2.52. The molecule has 7 heteroatoms. The third-order valence-electron chi connectivity index (χ3n) is 5.10. The van der Waals surface area contributed by atoms with Crippen molar-refractivity contribution in [3.8, 4) is 0 Å². The summed E-state index contributed by atoms with van der Waals surface area (Å²) in [6.45, 7) is 5.38. The van der Waals surface area contributed by atoms with E-state index in [4.69, 9.17) is 0 Å². The highest BCUT2D eigenvalue weighted by Crippen LogP contribution is 2.24. The van der Waals surface area contributed by atoms with Gasteiger partial charge in [0.25, 0.3) is 0 Å². The summed E-state index contributed by atoms with van der Waals surface area (Å²) in [4.78, 5) is 19.0. The predicted octanol–water partition coefficient (Wildman–Crippen LogP) is 1.54. The molecule has 1 aliphatic carbocycles. The first-order valence-corrected chi connectivity index (χ1v) is 9.09. The van der Waals surface area contributed by atoms with Crippen LogP contribution >= 0.6 is 0 Å². The first kappa shape index (κ1) is 17.2. The van der Waals surface area contributed by atoms with Crippen molar-refractivity contribution >= 4 is 11.7 Å². The molecule has 1 aromatic heterocycles. The van der Waals surface area contributed by atoms with E-state index in [0.29, 0.717) is 0 Å². The topological polar surface area (TPSA) is 56.6 Å². The number of rotatable bonds is 5. The van der Waals surface area contributed by atoms with Crippen LogP contribution in [-0.4, -0.2) is 83.4 Å². The van der Waals surface area contributed by atoms with Gasteiger partial charge in [-0.1, -0.05) is 12.8 Å². The molecular formula is C17H30N6O. The summed E-state index contributed by atoms with van der Waals surface area (Å²) in [6, 6.07) is 0.748. The number of hydrogen-bond donors (Lipinski definition) is 1. The molecular weight excluding hydrogens is 304 g/mol. The van der Waals surface area contributed by atoms with Crippen molar-refractivity contribution in [2.75, 3.05) is 52.1 Å². The molecule has 0 bridgehead atoms. The normalized spacial score (nSPS) is 20.0. The van der Waals surface area contributed by atoms with Crippen LogP contribution in [0.15, 0.2) is 12.4 Å². The molecule has 1 aromatic rings. The van der Waals surface area contributed by atoms with Crippen LogP contribution in [0.2, 0.25) is 0 Å². The smallest absolute Gasteiger partial charge is 0.322 e. The minimum atomic E-state index is -0.00627. The minimum Gasteiger partial charge on any atom is -0.322 e. The maximum Gasteiger partial charge on any atom is 0.322 e. The molecule has 0 spiro atoms. The van der Waals surface area contributed by atoms with Crippen molar-refractivity contribution in [3.05, 3.63) is 12.4 Å². The molecule has 1 saturated heterocycles. The van der Waals surface area contributed by atoms with E-state index < -0.39 is 0 Å². The van der Waals surface area contributed by atoms with Crippen molar-refractivity contribution < 1.29 is 4.79 Å². The monoisotopic (exact) mass is 334 g/mol. The van der Waals surface area contributed by atoms with E-state index in [2.05, 4.69) is 20.2 Å². The number of carbonyl (C=O) groups is 1. The molecule has 2 heterocycles. The number of anilines is 1. The summed E-state index contributed by atoms with van der Waals surface area (Å²) in [5, 5.41) is 7.27. The van der Waals surface area contributed by atoms with Crippen molar-refractivity contribution in [2.45, 2.75) is 38.3 Å². The highest BCUT2D eigenvalue weighted by molar-refractivity contribution is 5.89. The molecule has 1 N–H and O–H groups in total. The molecule has 3 rings (SSSR count). The van der Waals surface area contributed by atoms with Gasteiger partial charge in [-0.15, -0.1) is 0 Å². The fourth-order valence-corrected chi connectivity index (χ4v) is 3.61. The molecule has 1 saturated carbocycles. The third-order valence-corrected chi connectivity index (χ3v) is 5.10.